The van der Waals surface area contributed by atoms with Crippen molar-refractivity contribution in [1.29, 1.82) is 5.41 Å². The van der Waals surface area contributed by atoms with Gasteiger partial charge in [-0.2, -0.15) is 0 Å². The maximum atomic E-state index is 7.64. The third kappa shape index (κ3) is 4.63. The zero-order chi connectivity index (χ0) is 18.4. The Hall–Kier alpha value is -2.74. The summed E-state index contributed by atoms with van der Waals surface area (Å²) in [5.74, 6) is 1.28. The van der Waals surface area contributed by atoms with Crippen molar-refractivity contribution < 1.29 is 10.9 Å². The van der Waals surface area contributed by atoms with Crippen molar-refractivity contribution >= 4 is 29.2 Å². The molecule has 1 aromatic heterocycles. The molecule has 25 heavy (non-hydrogen) atoms. The summed E-state index contributed by atoms with van der Waals surface area (Å²) < 4.78 is 10.5. The van der Waals surface area contributed by atoms with Crippen molar-refractivity contribution in [2.75, 3.05) is 14.2 Å². The molecule has 0 atom stereocenters. The summed E-state index contributed by atoms with van der Waals surface area (Å²) in [4.78, 5) is 14.1. The molecule has 8 heteroatoms. The van der Waals surface area contributed by atoms with E-state index in [1.807, 2.05) is 13.8 Å². The van der Waals surface area contributed by atoms with E-state index in [0.717, 1.165) is 21.8 Å². The first-order chi connectivity index (χ1) is 12.0. The molecule has 0 aliphatic rings. The Labute approximate surface area is 152 Å². The number of aromatic nitrogens is 1. The van der Waals surface area contributed by atoms with E-state index in [4.69, 9.17) is 20.6 Å². The Balaban J connectivity index is 0.00000338. The van der Waals surface area contributed by atoms with Gasteiger partial charge in [-0.1, -0.05) is 0 Å². The number of nitrogens with two attached hydrogens (primary N) is 1. The second-order valence-corrected chi connectivity index (χ2v) is 6.42. The van der Waals surface area contributed by atoms with Crippen molar-refractivity contribution in [3.05, 3.63) is 39.3 Å². The average molecular weight is 361 g/mol. The second-order valence-electron chi connectivity index (χ2n) is 5.13. The Kier molecular flexibility index (Phi) is 6.24. The van der Waals surface area contributed by atoms with Crippen LogP contribution in [-0.2, 0) is 6.54 Å². The van der Waals surface area contributed by atoms with Crippen LogP contribution >= 0.6 is 11.3 Å². The molecule has 0 unspecified atom stereocenters. The van der Waals surface area contributed by atoms with Gasteiger partial charge in [0.25, 0.3) is 0 Å². The van der Waals surface area contributed by atoms with Crippen LogP contribution in [0.4, 0.5) is 0 Å². The molecule has 0 bridgehead atoms. The van der Waals surface area contributed by atoms with Crippen molar-refractivity contribution in [1.82, 2.24) is 4.98 Å². The van der Waals surface area contributed by atoms with Crippen LogP contribution in [0.25, 0.3) is 0 Å². The molecule has 0 spiro atoms. The molecule has 0 radical (unpaired) electrons. The third-order valence-corrected chi connectivity index (χ3v) is 4.56. The predicted molar refractivity (Wildman–Crippen MR) is 104 cm³/mol. The van der Waals surface area contributed by atoms with Gasteiger partial charge in [0, 0.05) is 18.1 Å². The first kappa shape index (κ1) is 18.6. The predicted octanol–water partition coefficient (Wildman–Crippen LogP) is 2.98. The van der Waals surface area contributed by atoms with Crippen LogP contribution in [0, 0.1) is 19.3 Å². The van der Waals surface area contributed by atoms with E-state index >= 15 is 0 Å². The Bertz CT molecular complexity index is 813. The standard InChI is InChI=1S/C17H21N5O2S.H2/c1-10-11(2)25-16(21-10)9-20-17(19)22-14(8-18)13-7-12(23-3)5-6-15(13)24-4;/h5-8,18H,9H2,1-4H3,(H2,19,20);1H/b18-8?,22-14+;. The van der Waals surface area contributed by atoms with Gasteiger partial charge in [0.2, 0.25) is 5.96 Å². The average Bonchev–Trinajstić information content (AvgIpc) is 2.95. The van der Waals surface area contributed by atoms with Gasteiger partial charge in [-0.15, -0.1) is 11.3 Å². The summed E-state index contributed by atoms with van der Waals surface area (Å²) in [6, 6.07) is 5.26. The van der Waals surface area contributed by atoms with Gasteiger partial charge in [0.05, 0.1) is 32.2 Å². The molecule has 0 aliphatic heterocycles. The number of ether oxygens (including phenoxy) is 2. The minimum absolute atomic E-state index is 0. The molecule has 0 aliphatic carbocycles. The van der Waals surface area contributed by atoms with Gasteiger partial charge in [-0.25, -0.2) is 15.0 Å². The first-order valence-electron chi connectivity index (χ1n) is 7.52. The molecule has 0 saturated carbocycles. The molecule has 2 aromatic rings. The normalized spacial score (nSPS) is 12.2. The van der Waals surface area contributed by atoms with Crippen molar-refractivity contribution in [3.63, 3.8) is 0 Å². The molecule has 134 valence electrons. The number of aryl methyl sites for hydroxylation is 2. The number of benzene rings is 1. The van der Waals surface area contributed by atoms with Crippen LogP contribution in [0.15, 0.2) is 28.2 Å². The topological polar surface area (TPSA) is 106 Å². The molecule has 0 fully saturated rings. The molecule has 2 rings (SSSR count). The maximum Gasteiger partial charge on any atom is 0.216 e. The fourth-order valence-corrected chi connectivity index (χ4v) is 2.96. The molecular formula is C17H23N5O2S. The van der Waals surface area contributed by atoms with Crippen LogP contribution in [0.3, 0.4) is 0 Å². The summed E-state index contributed by atoms with van der Waals surface area (Å²) in [6.07, 6.45) is 1.11. The highest BCUT2D eigenvalue weighted by atomic mass is 32.1. The monoisotopic (exact) mass is 361 g/mol. The summed E-state index contributed by atoms with van der Waals surface area (Å²) in [5, 5.41) is 8.52. The smallest absolute Gasteiger partial charge is 0.216 e. The molecule has 7 nitrogen and oxygen atoms in total. The lowest BCUT2D eigenvalue weighted by Gasteiger charge is -2.10. The zero-order valence-electron chi connectivity index (χ0n) is 14.7. The van der Waals surface area contributed by atoms with Crippen LogP contribution in [-0.4, -0.2) is 37.1 Å². The second kappa shape index (κ2) is 8.39. The van der Waals surface area contributed by atoms with Crippen molar-refractivity contribution in [2.45, 2.75) is 20.4 Å². The summed E-state index contributed by atoms with van der Waals surface area (Å²) in [5.41, 5.74) is 7.85. The largest absolute Gasteiger partial charge is 0.497 e. The van der Waals surface area contributed by atoms with E-state index in [0.29, 0.717) is 29.3 Å². The van der Waals surface area contributed by atoms with Gasteiger partial charge in [-0.3, -0.25) is 0 Å². The number of thiazole rings is 1. The van der Waals surface area contributed by atoms with E-state index in [-0.39, 0.29) is 7.39 Å². The highest BCUT2D eigenvalue weighted by Gasteiger charge is 2.11. The van der Waals surface area contributed by atoms with Gasteiger partial charge >= 0.3 is 0 Å². The van der Waals surface area contributed by atoms with Gasteiger partial charge in [0.15, 0.2) is 0 Å². The first-order valence-corrected chi connectivity index (χ1v) is 8.34. The van der Waals surface area contributed by atoms with Crippen LogP contribution in [0.5, 0.6) is 11.5 Å². The molecule has 3 N–H and O–H groups in total. The third-order valence-electron chi connectivity index (χ3n) is 3.50. The number of aliphatic imine (C=N–C) groups is 2. The van der Waals surface area contributed by atoms with Gasteiger partial charge in [-0.05, 0) is 32.0 Å². The summed E-state index contributed by atoms with van der Waals surface area (Å²) in [7, 11) is 3.12. The molecular weight excluding hydrogens is 338 g/mol. The van der Waals surface area contributed by atoms with Crippen LogP contribution in [0.1, 0.15) is 22.6 Å². The number of nitrogens with one attached hydrogen (secondary N) is 1. The summed E-state index contributed by atoms with van der Waals surface area (Å²) in [6.45, 7) is 4.34. The van der Waals surface area contributed by atoms with Crippen LogP contribution in [0.2, 0.25) is 0 Å². The number of methoxy groups -OCH3 is 2. The Morgan fingerprint density at radius 3 is 2.68 bits per heavy atom. The van der Waals surface area contributed by atoms with E-state index in [9.17, 15) is 0 Å². The van der Waals surface area contributed by atoms with E-state index in [2.05, 4.69) is 15.0 Å². The number of hydrogen-bond donors (Lipinski definition) is 2. The van der Waals surface area contributed by atoms with Crippen molar-refractivity contribution in [2.24, 2.45) is 15.7 Å². The van der Waals surface area contributed by atoms with Crippen molar-refractivity contribution in [3.8, 4) is 11.5 Å². The minimum Gasteiger partial charge on any atom is -0.497 e. The maximum absolute atomic E-state index is 7.64. The number of nitrogens with zero attached hydrogens (tertiary/aromatic N) is 3. The molecule has 1 aromatic carbocycles. The fourth-order valence-electron chi connectivity index (χ4n) is 2.10. The van der Waals surface area contributed by atoms with Crippen LogP contribution < -0.4 is 15.2 Å². The van der Waals surface area contributed by atoms with E-state index < -0.39 is 0 Å². The highest BCUT2D eigenvalue weighted by molar-refractivity contribution is 7.11. The quantitative estimate of drug-likeness (QED) is 0.609. The van der Waals surface area contributed by atoms with E-state index in [1.165, 1.54) is 0 Å². The van der Waals surface area contributed by atoms with E-state index in [1.54, 1.807) is 43.8 Å². The zero-order valence-corrected chi connectivity index (χ0v) is 15.5. The fraction of sp³-hybridized carbons (Fsp3) is 0.294. The summed E-state index contributed by atoms with van der Waals surface area (Å²) >= 11 is 1.58. The minimum atomic E-state index is 0. The molecule has 0 saturated heterocycles. The highest BCUT2D eigenvalue weighted by Crippen LogP contribution is 2.24. The lowest BCUT2D eigenvalue weighted by atomic mass is 10.1. The number of hydrogen-bond acceptors (Lipinski definition) is 6. The number of rotatable bonds is 6. The lowest BCUT2D eigenvalue weighted by Crippen LogP contribution is -2.15. The molecule has 0 amide bonds. The lowest BCUT2D eigenvalue weighted by molar-refractivity contribution is 0.402. The molecule has 1 heterocycles. The Morgan fingerprint density at radius 1 is 1.36 bits per heavy atom. The van der Waals surface area contributed by atoms with Gasteiger partial charge < -0.3 is 20.6 Å². The Morgan fingerprint density at radius 2 is 2.12 bits per heavy atom. The SMILES string of the molecule is COc1ccc(OC)c(/C(C=N)=N/C(N)=NCc2nc(C)c(C)s2)c1.[HH]. The number of guanidine groups is 1. The van der Waals surface area contributed by atoms with Gasteiger partial charge in [0.1, 0.15) is 16.5 Å².